The van der Waals surface area contributed by atoms with Crippen molar-refractivity contribution in [1.29, 1.82) is 0 Å². The van der Waals surface area contributed by atoms with Crippen LogP contribution in [0, 0.1) is 0 Å². The molecule has 0 radical (unpaired) electrons. The highest BCUT2D eigenvalue weighted by Crippen LogP contribution is 2.35. The van der Waals surface area contributed by atoms with Crippen molar-refractivity contribution < 1.29 is 0 Å². The van der Waals surface area contributed by atoms with Gasteiger partial charge in [0.05, 0.1) is 21.2 Å². The van der Waals surface area contributed by atoms with Gasteiger partial charge in [-0.15, -0.1) is 23.1 Å². The molecule has 0 fully saturated rings. The number of anilines is 2. The van der Waals surface area contributed by atoms with Gasteiger partial charge < -0.3 is 5.32 Å². The fourth-order valence-electron chi connectivity index (χ4n) is 2.74. The third kappa shape index (κ3) is 3.62. The highest BCUT2D eigenvalue weighted by atomic mass is 32.2. The van der Waals surface area contributed by atoms with E-state index in [0.29, 0.717) is 0 Å². The van der Waals surface area contributed by atoms with E-state index in [9.17, 15) is 0 Å². The normalized spacial score (nSPS) is 12.0. The molecule has 4 rings (SSSR count). The summed E-state index contributed by atoms with van der Waals surface area (Å²) in [7, 11) is 0. The number of pyridine rings is 1. The van der Waals surface area contributed by atoms with Crippen molar-refractivity contribution in [3.63, 3.8) is 0 Å². The van der Waals surface area contributed by atoms with E-state index in [1.54, 1.807) is 11.3 Å². The number of benzene rings is 2. The van der Waals surface area contributed by atoms with Gasteiger partial charge in [0.25, 0.3) is 0 Å². The molecule has 0 saturated heterocycles. The van der Waals surface area contributed by atoms with Gasteiger partial charge in [0, 0.05) is 32.6 Å². The van der Waals surface area contributed by atoms with Gasteiger partial charge >= 0.3 is 0 Å². The first-order chi connectivity index (χ1) is 12.0. The summed E-state index contributed by atoms with van der Waals surface area (Å²) >= 11 is 3.53. The molecule has 0 saturated carbocycles. The van der Waals surface area contributed by atoms with E-state index >= 15 is 0 Å². The molecule has 2 heterocycles. The first kappa shape index (κ1) is 16.4. The van der Waals surface area contributed by atoms with Crippen LogP contribution in [-0.4, -0.2) is 14.7 Å². The average molecular weight is 366 g/mol. The third-order valence-electron chi connectivity index (χ3n) is 3.75. The molecule has 126 valence electrons. The van der Waals surface area contributed by atoms with Crippen LogP contribution in [0.3, 0.4) is 0 Å². The van der Waals surface area contributed by atoms with Crippen LogP contribution in [0.4, 0.5) is 11.4 Å². The molecule has 2 aromatic carbocycles. The minimum atomic E-state index is 0.180. The van der Waals surface area contributed by atoms with Crippen molar-refractivity contribution in [1.82, 2.24) is 9.97 Å². The van der Waals surface area contributed by atoms with Crippen LogP contribution in [-0.2, 0) is 0 Å². The van der Waals surface area contributed by atoms with Gasteiger partial charge in [-0.1, -0.05) is 20.8 Å². The van der Waals surface area contributed by atoms with Crippen LogP contribution in [0.2, 0.25) is 0 Å². The number of hydrogen-bond donors (Lipinski definition) is 1. The number of fused-ring (bicyclic) bond motifs is 2. The molecule has 4 aromatic rings. The maximum absolute atomic E-state index is 4.50. The van der Waals surface area contributed by atoms with Crippen molar-refractivity contribution in [2.24, 2.45) is 0 Å². The maximum Gasteiger partial charge on any atom is 0.0832 e. The van der Waals surface area contributed by atoms with Crippen LogP contribution in [0.1, 0.15) is 20.8 Å². The zero-order valence-corrected chi connectivity index (χ0v) is 16.0. The lowest BCUT2D eigenvalue weighted by Gasteiger charge is -2.18. The quantitative estimate of drug-likeness (QED) is 0.422. The van der Waals surface area contributed by atoms with Crippen LogP contribution >= 0.6 is 23.1 Å². The molecule has 0 aliphatic rings. The fourth-order valence-corrected chi connectivity index (χ4v) is 4.42. The Morgan fingerprint density at radius 2 is 1.84 bits per heavy atom. The molecule has 0 bridgehead atoms. The van der Waals surface area contributed by atoms with E-state index < -0.39 is 0 Å². The van der Waals surface area contributed by atoms with Crippen LogP contribution in [0.5, 0.6) is 0 Å². The van der Waals surface area contributed by atoms with Gasteiger partial charge in [-0.25, -0.2) is 4.98 Å². The van der Waals surface area contributed by atoms with Gasteiger partial charge in [0.1, 0.15) is 0 Å². The van der Waals surface area contributed by atoms with Crippen molar-refractivity contribution >= 4 is 55.6 Å². The Hall–Kier alpha value is -2.11. The summed E-state index contributed by atoms with van der Waals surface area (Å²) in [5.41, 5.74) is 6.01. The Labute approximate surface area is 155 Å². The Kier molecular flexibility index (Phi) is 4.13. The van der Waals surface area contributed by atoms with Crippen molar-refractivity contribution in [2.45, 2.75) is 30.4 Å². The molecule has 1 N–H and O–H groups in total. The number of thiazole rings is 1. The smallest absolute Gasteiger partial charge is 0.0832 e. The number of hydrogen-bond acceptors (Lipinski definition) is 5. The molecule has 0 atom stereocenters. The predicted octanol–water partition coefficient (Wildman–Crippen LogP) is 6.48. The highest BCUT2D eigenvalue weighted by Gasteiger charge is 2.13. The number of thioether (sulfide) groups is 1. The van der Waals surface area contributed by atoms with Crippen LogP contribution in [0.25, 0.3) is 21.1 Å². The first-order valence-corrected chi connectivity index (χ1v) is 9.86. The summed E-state index contributed by atoms with van der Waals surface area (Å²) in [6.07, 6.45) is 1.85. The van der Waals surface area contributed by atoms with Crippen molar-refractivity contribution in [2.75, 3.05) is 5.32 Å². The molecular formula is C20H19N3S2. The Balaban J connectivity index is 1.73. The molecule has 0 aliphatic heterocycles. The summed E-state index contributed by atoms with van der Waals surface area (Å²) in [6, 6.07) is 14.8. The summed E-state index contributed by atoms with van der Waals surface area (Å²) in [5.74, 6) is 0. The predicted molar refractivity (Wildman–Crippen MR) is 110 cm³/mol. The Morgan fingerprint density at radius 3 is 2.68 bits per heavy atom. The lowest BCUT2D eigenvalue weighted by atomic mass is 10.2. The monoisotopic (exact) mass is 365 g/mol. The molecular weight excluding hydrogens is 346 g/mol. The summed E-state index contributed by atoms with van der Waals surface area (Å²) in [6.45, 7) is 6.69. The van der Waals surface area contributed by atoms with Crippen molar-refractivity contribution in [3.8, 4) is 0 Å². The maximum atomic E-state index is 4.50. The fraction of sp³-hybridized carbons (Fsp3) is 0.200. The molecule has 0 aliphatic carbocycles. The summed E-state index contributed by atoms with van der Waals surface area (Å²) in [4.78, 5) is 10.2. The van der Waals surface area contributed by atoms with E-state index in [2.05, 4.69) is 72.5 Å². The standard InChI is InChI=1S/C20H19N3S2/c1-20(2,3)25-14-5-6-16-15(11-14)17(8-9-21-16)23-13-4-7-19-18(10-13)22-12-24-19/h4-12H,1-3H3,(H,21,23). The zero-order chi connectivity index (χ0) is 17.4. The van der Waals surface area contributed by atoms with E-state index in [0.717, 1.165) is 27.8 Å². The van der Waals surface area contributed by atoms with Crippen LogP contribution in [0.15, 0.2) is 59.1 Å². The lowest BCUT2D eigenvalue weighted by Crippen LogP contribution is -2.06. The second kappa shape index (κ2) is 6.32. The van der Waals surface area contributed by atoms with Gasteiger partial charge in [0.2, 0.25) is 0 Å². The molecule has 3 nitrogen and oxygen atoms in total. The first-order valence-electron chi connectivity index (χ1n) is 8.16. The number of nitrogens with zero attached hydrogens (tertiary/aromatic N) is 2. The molecule has 0 spiro atoms. The minimum absolute atomic E-state index is 0.180. The largest absolute Gasteiger partial charge is 0.355 e. The SMILES string of the molecule is CC(C)(C)Sc1ccc2nccc(Nc3ccc4scnc4c3)c2c1. The molecule has 0 amide bonds. The minimum Gasteiger partial charge on any atom is -0.355 e. The van der Waals surface area contributed by atoms with Crippen LogP contribution < -0.4 is 5.32 Å². The molecule has 2 aromatic heterocycles. The Bertz CT molecular complexity index is 1050. The van der Waals surface area contributed by atoms with Gasteiger partial charge in [-0.3, -0.25) is 4.98 Å². The molecule has 25 heavy (non-hydrogen) atoms. The summed E-state index contributed by atoms with van der Waals surface area (Å²) in [5, 5.41) is 4.67. The van der Waals surface area contributed by atoms with E-state index in [4.69, 9.17) is 0 Å². The lowest BCUT2D eigenvalue weighted by molar-refractivity contribution is 0.803. The van der Waals surface area contributed by atoms with Gasteiger partial charge in [-0.2, -0.15) is 0 Å². The van der Waals surface area contributed by atoms with E-state index in [-0.39, 0.29) is 4.75 Å². The third-order valence-corrected chi connectivity index (χ3v) is 5.66. The number of rotatable bonds is 3. The van der Waals surface area contributed by atoms with E-state index in [1.807, 2.05) is 29.5 Å². The zero-order valence-electron chi connectivity index (χ0n) is 14.4. The average Bonchev–Trinajstić information content (AvgIpc) is 3.01. The van der Waals surface area contributed by atoms with Gasteiger partial charge in [-0.05, 0) is 42.5 Å². The summed E-state index contributed by atoms with van der Waals surface area (Å²) < 4.78 is 1.38. The second-order valence-corrected chi connectivity index (χ2v) is 9.70. The number of aromatic nitrogens is 2. The number of nitrogens with one attached hydrogen (secondary N) is 1. The van der Waals surface area contributed by atoms with Gasteiger partial charge in [0.15, 0.2) is 0 Å². The Morgan fingerprint density at radius 1 is 0.960 bits per heavy atom. The topological polar surface area (TPSA) is 37.8 Å². The second-order valence-electron chi connectivity index (χ2n) is 6.91. The highest BCUT2D eigenvalue weighted by molar-refractivity contribution is 8.00. The molecule has 5 heteroatoms. The van der Waals surface area contributed by atoms with E-state index in [1.165, 1.54) is 9.60 Å². The molecule has 0 unspecified atom stereocenters. The van der Waals surface area contributed by atoms with Crippen molar-refractivity contribution in [3.05, 3.63) is 54.2 Å².